The van der Waals surface area contributed by atoms with E-state index in [0.29, 0.717) is 12.1 Å². The molecule has 2 fully saturated rings. The molecule has 3 nitrogen and oxygen atoms in total. The van der Waals surface area contributed by atoms with Crippen molar-refractivity contribution in [2.45, 2.75) is 31.5 Å². The highest BCUT2D eigenvalue weighted by Crippen LogP contribution is 2.28. The van der Waals surface area contributed by atoms with Crippen molar-refractivity contribution in [2.24, 2.45) is 0 Å². The van der Waals surface area contributed by atoms with Gasteiger partial charge < -0.3 is 5.32 Å². The monoisotopic (exact) mass is 227 g/mol. The van der Waals surface area contributed by atoms with Gasteiger partial charge in [0, 0.05) is 31.7 Å². The molecule has 0 aromatic heterocycles. The fourth-order valence-electron chi connectivity index (χ4n) is 3.08. The van der Waals surface area contributed by atoms with Crippen molar-refractivity contribution in [3.63, 3.8) is 0 Å². The van der Waals surface area contributed by atoms with Crippen LogP contribution in [0, 0.1) is 11.3 Å². The van der Waals surface area contributed by atoms with Gasteiger partial charge in [0.25, 0.3) is 0 Å². The van der Waals surface area contributed by atoms with E-state index in [1.807, 2.05) is 18.2 Å². The van der Waals surface area contributed by atoms with Gasteiger partial charge in [-0.1, -0.05) is 12.1 Å². The van der Waals surface area contributed by atoms with Gasteiger partial charge in [-0.3, -0.25) is 4.90 Å². The van der Waals surface area contributed by atoms with Crippen LogP contribution in [0.4, 0.5) is 0 Å². The van der Waals surface area contributed by atoms with Crippen molar-refractivity contribution >= 4 is 0 Å². The minimum Gasteiger partial charge on any atom is -0.314 e. The molecule has 0 radical (unpaired) electrons. The van der Waals surface area contributed by atoms with Crippen LogP contribution >= 0.6 is 0 Å². The van der Waals surface area contributed by atoms with E-state index in [0.717, 1.165) is 25.2 Å². The molecule has 1 N–H and O–H groups in total. The molecule has 2 aliphatic heterocycles. The van der Waals surface area contributed by atoms with Gasteiger partial charge in [-0.25, -0.2) is 0 Å². The number of nitrogens with one attached hydrogen (secondary N) is 1. The van der Waals surface area contributed by atoms with Crippen molar-refractivity contribution in [3.8, 4) is 6.07 Å². The second-order valence-corrected chi connectivity index (χ2v) is 5.03. The Balaban J connectivity index is 1.76. The zero-order valence-electron chi connectivity index (χ0n) is 9.89. The van der Waals surface area contributed by atoms with E-state index in [-0.39, 0.29) is 0 Å². The average molecular weight is 227 g/mol. The average Bonchev–Trinajstić information content (AvgIpc) is 2.61. The number of hydrogen-bond donors (Lipinski definition) is 1. The van der Waals surface area contributed by atoms with Crippen LogP contribution in [0.5, 0.6) is 0 Å². The van der Waals surface area contributed by atoms with Gasteiger partial charge in [0.05, 0.1) is 11.6 Å². The zero-order chi connectivity index (χ0) is 11.7. The highest BCUT2D eigenvalue weighted by atomic mass is 15.3. The summed E-state index contributed by atoms with van der Waals surface area (Å²) in [4.78, 5) is 2.60. The van der Waals surface area contributed by atoms with E-state index in [4.69, 9.17) is 5.26 Å². The smallest absolute Gasteiger partial charge is 0.0991 e. The van der Waals surface area contributed by atoms with Crippen molar-refractivity contribution in [2.75, 3.05) is 13.1 Å². The maximum atomic E-state index is 8.91. The number of benzene rings is 1. The molecule has 1 aromatic rings. The molecule has 88 valence electrons. The topological polar surface area (TPSA) is 39.1 Å². The van der Waals surface area contributed by atoms with Crippen LogP contribution in [0.25, 0.3) is 0 Å². The summed E-state index contributed by atoms with van der Waals surface area (Å²) in [6.07, 6.45) is 2.63. The summed E-state index contributed by atoms with van der Waals surface area (Å²) in [6, 6.07) is 11.6. The van der Waals surface area contributed by atoms with Crippen LogP contribution in [-0.4, -0.2) is 30.1 Å². The Morgan fingerprint density at radius 1 is 1.29 bits per heavy atom. The van der Waals surface area contributed by atoms with Crippen molar-refractivity contribution in [1.82, 2.24) is 10.2 Å². The largest absolute Gasteiger partial charge is 0.314 e. The minimum absolute atomic E-state index is 0.694. The van der Waals surface area contributed by atoms with Gasteiger partial charge in [0.1, 0.15) is 0 Å². The van der Waals surface area contributed by atoms with Crippen LogP contribution in [-0.2, 0) is 6.54 Å². The summed E-state index contributed by atoms with van der Waals surface area (Å²) in [5.74, 6) is 0. The zero-order valence-corrected chi connectivity index (χ0v) is 9.89. The summed E-state index contributed by atoms with van der Waals surface area (Å²) in [7, 11) is 0. The van der Waals surface area contributed by atoms with Crippen molar-refractivity contribution in [1.29, 1.82) is 5.26 Å². The molecular formula is C14H17N3. The Morgan fingerprint density at radius 2 is 2.06 bits per heavy atom. The molecule has 0 spiro atoms. The first-order valence-electron chi connectivity index (χ1n) is 6.32. The first-order chi connectivity index (χ1) is 8.36. The molecule has 2 heterocycles. The third-order valence-corrected chi connectivity index (χ3v) is 3.95. The summed E-state index contributed by atoms with van der Waals surface area (Å²) in [6.45, 7) is 3.23. The van der Waals surface area contributed by atoms with Crippen LogP contribution in [0.3, 0.4) is 0 Å². The lowest BCUT2D eigenvalue weighted by atomic mass is 10.1. The molecule has 2 saturated heterocycles. The Labute approximate surface area is 102 Å². The number of rotatable bonds is 2. The van der Waals surface area contributed by atoms with Gasteiger partial charge in [-0.2, -0.15) is 5.26 Å². The molecule has 3 heteroatoms. The van der Waals surface area contributed by atoms with E-state index in [1.54, 1.807) is 0 Å². The van der Waals surface area contributed by atoms with Gasteiger partial charge >= 0.3 is 0 Å². The predicted octanol–water partition coefficient (Wildman–Crippen LogP) is 1.49. The molecule has 2 unspecified atom stereocenters. The summed E-state index contributed by atoms with van der Waals surface area (Å²) in [5.41, 5.74) is 2.04. The van der Waals surface area contributed by atoms with E-state index in [2.05, 4.69) is 22.4 Å². The SMILES string of the molecule is N#Cc1cccc(CN2C3CCC2CNC3)c1. The first-order valence-corrected chi connectivity index (χ1v) is 6.32. The second kappa shape index (κ2) is 4.48. The van der Waals surface area contributed by atoms with Crippen molar-refractivity contribution < 1.29 is 0 Å². The molecule has 17 heavy (non-hydrogen) atoms. The van der Waals surface area contributed by atoms with Gasteiger partial charge in [0.2, 0.25) is 0 Å². The lowest BCUT2D eigenvalue weighted by molar-refractivity contribution is 0.145. The number of hydrogen-bond acceptors (Lipinski definition) is 3. The molecule has 2 aliphatic rings. The van der Waals surface area contributed by atoms with Crippen LogP contribution in [0.1, 0.15) is 24.0 Å². The molecule has 1 aromatic carbocycles. The molecule has 0 aliphatic carbocycles. The molecular weight excluding hydrogens is 210 g/mol. The number of nitrogens with zero attached hydrogens (tertiary/aromatic N) is 2. The van der Waals surface area contributed by atoms with Gasteiger partial charge in [0.15, 0.2) is 0 Å². The molecule has 3 rings (SSSR count). The molecule has 2 atom stereocenters. The highest BCUT2D eigenvalue weighted by molar-refractivity contribution is 5.32. The Hall–Kier alpha value is -1.37. The Bertz CT molecular complexity index is 433. The third kappa shape index (κ3) is 2.06. The number of nitriles is 1. The summed E-state index contributed by atoms with van der Waals surface area (Å²) in [5, 5.41) is 12.4. The highest BCUT2D eigenvalue weighted by Gasteiger charge is 2.35. The maximum absolute atomic E-state index is 8.91. The van der Waals surface area contributed by atoms with Gasteiger partial charge in [-0.15, -0.1) is 0 Å². The number of piperazine rings is 1. The van der Waals surface area contributed by atoms with Crippen LogP contribution in [0.2, 0.25) is 0 Å². The molecule has 0 saturated carbocycles. The lowest BCUT2D eigenvalue weighted by Crippen LogP contribution is -2.51. The maximum Gasteiger partial charge on any atom is 0.0991 e. The predicted molar refractivity (Wildman–Crippen MR) is 66.4 cm³/mol. The lowest BCUT2D eigenvalue weighted by Gasteiger charge is -2.35. The summed E-state index contributed by atoms with van der Waals surface area (Å²) < 4.78 is 0. The van der Waals surface area contributed by atoms with E-state index in [9.17, 15) is 0 Å². The normalized spacial score (nSPS) is 27.9. The van der Waals surface area contributed by atoms with Crippen molar-refractivity contribution in [3.05, 3.63) is 35.4 Å². The van der Waals surface area contributed by atoms with Crippen LogP contribution < -0.4 is 5.32 Å². The Kier molecular flexibility index (Phi) is 2.84. The fraction of sp³-hybridized carbons (Fsp3) is 0.500. The third-order valence-electron chi connectivity index (χ3n) is 3.95. The first kappa shape index (κ1) is 10.8. The molecule has 2 bridgehead atoms. The fourth-order valence-corrected chi connectivity index (χ4v) is 3.08. The summed E-state index contributed by atoms with van der Waals surface area (Å²) >= 11 is 0. The quantitative estimate of drug-likeness (QED) is 0.832. The Morgan fingerprint density at radius 3 is 2.76 bits per heavy atom. The van der Waals surface area contributed by atoms with Gasteiger partial charge in [-0.05, 0) is 30.5 Å². The minimum atomic E-state index is 0.694. The van der Waals surface area contributed by atoms with E-state index >= 15 is 0 Å². The molecule has 0 amide bonds. The van der Waals surface area contributed by atoms with Crippen LogP contribution in [0.15, 0.2) is 24.3 Å². The number of fused-ring (bicyclic) bond motifs is 2. The second-order valence-electron chi connectivity index (χ2n) is 5.03. The standard InChI is InChI=1S/C14H17N3/c15-7-11-2-1-3-12(6-11)10-17-13-4-5-14(17)9-16-8-13/h1-3,6,13-14,16H,4-5,8-10H2. The van der Waals surface area contributed by atoms with E-state index in [1.165, 1.54) is 18.4 Å². The van der Waals surface area contributed by atoms with E-state index < -0.39 is 0 Å².